The molecule has 8 atom stereocenters. The van der Waals surface area contributed by atoms with Crippen molar-refractivity contribution >= 4 is 17.8 Å². The highest BCUT2D eigenvalue weighted by Crippen LogP contribution is 2.68. The molecule has 1 aromatic carbocycles. The molecule has 0 spiro atoms. The number of aliphatic hydroxyl groups is 1. The summed E-state index contributed by atoms with van der Waals surface area (Å²) in [6.07, 6.45) is 4.49. The van der Waals surface area contributed by atoms with Crippen LogP contribution in [0, 0.1) is 34.0 Å². The van der Waals surface area contributed by atoms with Crippen molar-refractivity contribution in [3.63, 3.8) is 0 Å². The summed E-state index contributed by atoms with van der Waals surface area (Å²) in [6, 6.07) is 5.49. The Morgan fingerprint density at radius 3 is 2.55 bits per heavy atom. The minimum Gasteiger partial charge on any atom is -0.494 e. The van der Waals surface area contributed by atoms with Gasteiger partial charge in [-0.1, -0.05) is 33.8 Å². The van der Waals surface area contributed by atoms with Gasteiger partial charge in [-0.05, 0) is 86.6 Å². The van der Waals surface area contributed by atoms with E-state index in [1.54, 1.807) is 12.1 Å². The molecule has 1 N–H and O–H groups in total. The standard InChI is InChI=1S/C38H55N3O6/c1-7-36(4)24-31(37(5)25(2)11-14-38(26(3)33(36)43)15-12-30(42)32(37)38)47-35(45)41-17-13-27-23-28(9-10-29(27)34(41)44)46-22-8-16-40-20-18-39(6)19-21-40/h7,9-10,23,25-26,31-33,43H,1,8,11-22,24H2,2-6H3/t25-,26+,31-,32+,33+,36-,37+,38+/m1/s1. The summed E-state index contributed by atoms with van der Waals surface area (Å²) in [6.45, 7) is 18.6. The molecule has 6 rings (SSSR count). The normalized spacial score (nSPS) is 37.8. The van der Waals surface area contributed by atoms with Crippen LogP contribution in [0.3, 0.4) is 0 Å². The smallest absolute Gasteiger partial charge is 0.417 e. The van der Waals surface area contributed by atoms with Gasteiger partial charge in [-0.25, -0.2) is 9.69 Å². The topological polar surface area (TPSA) is 99.6 Å². The highest BCUT2D eigenvalue weighted by Gasteiger charge is 2.68. The fourth-order valence-corrected chi connectivity index (χ4v) is 9.97. The Morgan fingerprint density at radius 2 is 1.83 bits per heavy atom. The van der Waals surface area contributed by atoms with Crippen LogP contribution in [0.5, 0.6) is 5.75 Å². The minimum atomic E-state index is -0.737. The van der Waals surface area contributed by atoms with Crippen molar-refractivity contribution in [2.45, 2.75) is 84.8 Å². The van der Waals surface area contributed by atoms with Crippen molar-refractivity contribution < 1.29 is 29.0 Å². The molecule has 258 valence electrons. The molecule has 0 unspecified atom stereocenters. The summed E-state index contributed by atoms with van der Waals surface area (Å²) >= 11 is 0. The lowest BCUT2D eigenvalue weighted by Gasteiger charge is -2.61. The maximum atomic E-state index is 14.0. The maximum absolute atomic E-state index is 14.0. The third-order valence-electron chi connectivity index (χ3n) is 13.4. The van der Waals surface area contributed by atoms with E-state index in [4.69, 9.17) is 9.47 Å². The molecule has 4 fully saturated rings. The Balaban J connectivity index is 1.17. The molecule has 1 saturated heterocycles. The van der Waals surface area contributed by atoms with Crippen molar-refractivity contribution in [2.75, 3.05) is 52.9 Å². The number of nitrogens with zero attached hydrogens (tertiary/aromatic N) is 3. The molecule has 5 aliphatic rings. The minimum absolute atomic E-state index is 0.101. The van der Waals surface area contributed by atoms with E-state index in [0.29, 0.717) is 31.4 Å². The van der Waals surface area contributed by atoms with Crippen LogP contribution in [-0.4, -0.2) is 103 Å². The van der Waals surface area contributed by atoms with Gasteiger partial charge in [0.2, 0.25) is 0 Å². The lowest BCUT2D eigenvalue weighted by Crippen LogP contribution is -2.63. The number of amides is 2. The number of aliphatic hydroxyl groups excluding tert-OH is 1. The van der Waals surface area contributed by atoms with Crippen LogP contribution >= 0.6 is 0 Å². The second-order valence-electron chi connectivity index (χ2n) is 15.8. The van der Waals surface area contributed by atoms with Gasteiger partial charge in [0.1, 0.15) is 17.6 Å². The van der Waals surface area contributed by atoms with Crippen LogP contribution < -0.4 is 4.74 Å². The van der Waals surface area contributed by atoms with Gasteiger partial charge >= 0.3 is 6.09 Å². The van der Waals surface area contributed by atoms with E-state index in [-0.39, 0.29) is 41.4 Å². The first-order valence-corrected chi connectivity index (χ1v) is 17.9. The summed E-state index contributed by atoms with van der Waals surface area (Å²) in [4.78, 5) is 47.4. The first kappa shape index (κ1) is 34.1. The summed E-state index contributed by atoms with van der Waals surface area (Å²) in [5.41, 5.74) is -0.360. The van der Waals surface area contributed by atoms with Gasteiger partial charge in [0.15, 0.2) is 0 Å². The van der Waals surface area contributed by atoms with Crippen LogP contribution in [0.1, 0.15) is 82.1 Å². The van der Waals surface area contributed by atoms with Crippen LogP contribution in [0.15, 0.2) is 30.9 Å². The molecule has 0 radical (unpaired) electrons. The van der Waals surface area contributed by atoms with E-state index in [9.17, 15) is 19.5 Å². The molecule has 9 heteroatoms. The first-order chi connectivity index (χ1) is 22.3. The number of benzene rings is 1. The molecule has 9 nitrogen and oxygen atoms in total. The summed E-state index contributed by atoms with van der Waals surface area (Å²) in [5, 5.41) is 11.8. The number of Topliss-reactive ketones (excluding diaryl/α,β-unsaturated/α-hetero) is 1. The molecule has 2 bridgehead atoms. The Labute approximate surface area is 280 Å². The molecule has 47 heavy (non-hydrogen) atoms. The predicted octanol–water partition coefficient (Wildman–Crippen LogP) is 5.20. The fraction of sp³-hybridized carbons (Fsp3) is 0.711. The van der Waals surface area contributed by atoms with E-state index in [1.165, 1.54) is 4.90 Å². The third kappa shape index (κ3) is 5.84. The monoisotopic (exact) mass is 649 g/mol. The number of hydrogen-bond acceptors (Lipinski definition) is 8. The van der Waals surface area contributed by atoms with Crippen molar-refractivity contribution in [3.05, 3.63) is 42.0 Å². The van der Waals surface area contributed by atoms with E-state index in [2.05, 4.69) is 44.2 Å². The molecule has 0 aromatic heterocycles. The average molecular weight is 650 g/mol. The van der Waals surface area contributed by atoms with Gasteiger partial charge in [0.25, 0.3) is 5.91 Å². The average Bonchev–Trinajstić information content (AvgIpc) is 3.42. The molecule has 3 saturated carbocycles. The van der Waals surface area contributed by atoms with E-state index in [1.807, 2.05) is 19.1 Å². The van der Waals surface area contributed by atoms with Gasteiger partial charge in [-0.15, -0.1) is 6.58 Å². The number of hydrogen-bond donors (Lipinski definition) is 1. The highest BCUT2D eigenvalue weighted by molar-refractivity contribution is 6.05. The SMILES string of the molecule is C=C[C@]1(C)C[C@@H](OC(=O)N2CCc3cc(OCCCN4CCN(C)CC4)ccc3C2=O)[C@]2(C)[C@H](C)CC[C@]3(CCC(=O)[C@H]32)[C@@H](C)[C@@H]1O. The van der Waals surface area contributed by atoms with Crippen molar-refractivity contribution in [3.8, 4) is 5.75 Å². The second-order valence-corrected chi connectivity index (χ2v) is 15.8. The highest BCUT2D eigenvalue weighted by atomic mass is 16.6. The molecular weight excluding hydrogens is 594 g/mol. The zero-order valence-electron chi connectivity index (χ0n) is 29.1. The van der Waals surface area contributed by atoms with Gasteiger partial charge in [-0.2, -0.15) is 0 Å². The third-order valence-corrected chi connectivity index (χ3v) is 13.4. The number of imide groups is 1. The number of carbonyl (C=O) groups excluding carboxylic acids is 3. The van der Waals surface area contributed by atoms with Crippen LogP contribution in [0.2, 0.25) is 0 Å². The zero-order valence-corrected chi connectivity index (χ0v) is 29.1. The van der Waals surface area contributed by atoms with Gasteiger partial charge in [-0.3, -0.25) is 9.59 Å². The van der Waals surface area contributed by atoms with Gasteiger partial charge in [0, 0.05) is 68.0 Å². The molecule has 2 heterocycles. The predicted molar refractivity (Wildman–Crippen MR) is 180 cm³/mol. The first-order valence-electron chi connectivity index (χ1n) is 17.9. The fourth-order valence-electron chi connectivity index (χ4n) is 9.97. The number of ether oxygens (including phenoxy) is 2. The molecule has 1 aromatic rings. The second kappa shape index (κ2) is 12.9. The lowest BCUT2D eigenvalue weighted by molar-refractivity contribution is -0.192. The number of likely N-dealkylation sites (N-methyl/N-ethyl adjacent to an activating group) is 1. The Kier molecular flexibility index (Phi) is 9.39. The maximum Gasteiger partial charge on any atom is 0.417 e. The van der Waals surface area contributed by atoms with E-state index < -0.39 is 29.1 Å². The Bertz CT molecular complexity index is 1390. The number of piperazine rings is 1. The molecule has 2 aliphatic heterocycles. The zero-order chi connectivity index (χ0) is 33.7. The Morgan fingerprint density at radius 1 is 1.09 bits per heavy atom. The summed E-state index contributed by atoms with van der Waals surface area (Å²) < 4.78 is 12.5. The van der Waals surface area contributed by atoms with Crippen LogP contribution in [0.25, 0.3) is 0 Å². The van der Waals surface area contributed by atoms with Crippen molar-refractivity contribution in [2.24, 2.45) is 34.0 Å². The van der Waals surface area contributed by atoms with Crippen LogP contribution in [-0.2, 0) is 16.0 Å². The quantitative estimate of drug-likeness (QED) is 0.318. The summed E-state index contributed by atoms with van der Waals surface area (Å²) in [5.74, 6) is 0.277. The van der Waals surface area contributed by atoms with Crippen molar-refractivity contribution in [1.82, 2.24) is 14.7 Å². The molecule has 3 aliphatic carbocycles. The van der Waals surface area contributed by atoms with E-state index >= 15 is 0 Å². The summed E-state index contributed by atoms with van der Waals surface area (Å²) in [7, 11) is 2.16. The number of rotatable bonds is 7. The van der Waals surface area contributed by atoms with Crippen LogP contribution in [0.4, 0.5) is 4.79 Å². The van der Waals surface area contributed by atoms with E-state index in [0.717, 1.165) is 69.7 Å². The Hall–Kier alpha value is -2.75. The van der Waals surface area contributed by atoms with Crippen molar-refractivity contribution in [1.29, 1.82) is 0 Å². The number of ketones is 1. The molecular formula is C38H55N3O6. The lowest BCUT2D eigenvalue weighted by atomic mass is 9.44. The van der Waals surface area contributed by atoms with Gasteiger partial charge < -0.3 is 24.4 Å². The molecule has 2 amide bonds. The number of fused-ring (bicyclic) bond motifs is 1. The van der Waals surface area contributed by atoms with Gasteiger partial charge in [0.05, 0.1) is 12.7 Å². The number of carbonyl (C=O) groups is 3. The largest absolute Gasteiger partial charge is 0.494 e.